The van der Waals surface area contributed by atoms with Gasteiger partial charge in [0.05, 0.1) is 30.9 Å². The van der Waals surface area contributed by atoms with E-state index in [-0.39, 0.29) is 18.0 Å². The molecule has 0 bridgehead atoms. The van der Waals surface area contributed by atoms with E-state index in [0.717, 1.165) is 16.5 Å². The summed E-state index contributed by atoms with van der Waals surface area (Å²) in [5.41, 5.74) is 4.10. The van der Waals surface area contributed by atoms with Gasteiger partial charge in [-0.2, -0.15) is 9.41 Å². The topological polar surface area (TPSA) is 97.3 Å². The fourth-order valence-corrected chi connectivity index (χ4v) is 5.18. The molecule has 3 aromatic carbocycles. The molecule has 0 aromatic heterocycles. The third-order valence-electron chi connectivity index (χ3n) is 5.40. The van der Waals surface area contributed by atoms with Crippen molar-refractivity contribution in [2.24, 2.45) is 5.10 Å². The van der Waals surface area contributed by atoms with Gasteiger partial charge in [0, 0.05) is 11.0 Å². The molecule has 0 aliphatic rings. The number of nitrogens with zero attached hydrogens (tertiary/aromatic N) is 2. The minimum atomic E-state index is -3.92. The Labute approximate surface area is 232 Å². The van der Waals surface area contributed by atoms with Crippen LogP contribution in [0.5, 0.6) is 11.5 Å². The molecular formula is C28H32BrN3O5S. The monoisotopic (exact) mass is 601 g/mol. The summed E-state index contributed by atoms with van der Waals surface area (Å²) < 4.78 is 40.0. The average Bonchev–Trinajstić information content (AvgIpc) is 2.91. The van der Waals surface area contributed by atoms with Crippen molar-refractivity contribution < 1.29 is 22.7 Å². The zero-order valence-electron chi connectivity index (χ0n) is 21.5. The first-order valence-electron chi connectivity index (χ1n) is 12.3. The Balaban J connectivity index is 1.71. The van der Waals surface area contributed by atoms with Gasteiger partial charge in [-0.25, -0.2) is 13.8 Å². The van der Waals surface area contributed by atoms with Crippen LogP contribution in [0.2, 0.25) is 0 Å². The molecular weight excluding hydrogens is 570 g/mol. The molecule has 0 fully saturated rings. The molecule has 1 amide bonds. The summed E-state index contributed by atoms with van der Waals surface area (Å²) in [7, 11) is -3.92. The highest BCUT2D eigenvalue weighted by molar-refractivity contribution is 9.10. The molecule has 3 aromatic rings. The summed E-state index contributed by atoms with van der Waals surface area (Å²) in [5, 5.41) is 4.02. The highest BCUT2D eigenvalue weighted by Crippen LogP contribution is 2.28. The number of halogens is 1. The number of sulfonamides is 1. The normalized spacial score (nSPS) is 11.6. The van der Waals surface area contributed by atoms with Crippen molar-refractivity contribution in [3.8, 4) is 11.5 Å². The van der Waals surface area contributed by atoms with Crippen LogP contribution >= 0.6 is 15.9 Å². The maximum absolute atomic E-state index is 13.4. The van der Waals surface area contributed by atoms with Gasteiger partial charge in [-0.1, -0.05) is 53.2 Å². The van der Waals surface area contributed by atoms with Crippen molar-refractivity contribution in [3.63, 3.8) is 0 Å². The van der Waals surface area contributed by atoms with Crippen molar-refractivity contribution in [3.05, 3.63) is 88.4 Å². The molecule has 0 atom stereocenters. The van der Waals surface area contributed by atoms with Crippen LogP contribution in [0.25, 0.3) is 0 Å². The van der Waals surface area contributed by atoms with Gasteiger partial charge in [-0.15, -0.1) is 0 Å². The third kappa shape index (κ3) is 8.68. The number of hydrazone groups is 1. The number of hydrogen-bond donors (Lipinski definition) is 1. The maximum atomic E-state index is 13.4. The summed E-state index contributed by atoms with van der Waals surface area (Å²) >= 11 is 3.32. The van der Waals surface area contributed by atoms with Crippen molar-refractivity contribution in [2.75, 3.05) is 26.3 Å². The van der Waals surface area contributed by atoms with Gasteiger partial charge in [0.15, 0.2) is 11.5 Å². The van der Waals surface area contributed by atoms with Gasteiger partial charge < -0.3 is 9.47 Å². The molecule has 0 saturated heterocycles. The summed E-state index contributed by atoms with van der Waals surface area (Å²) in [5.74, 6) is 0.675. The number of rotatable bonds is 14. The van der Waals surface area contributed by atoms with Gasteiger partial charge in [0.1, 0.15) is 0 Å². The van der Waals surface area contributed by atoms with Crippen molar-refractivity contribution in [1.82, 2.24) is 9.73 Å². The standard InChI is InChI=1S/C28H32BrN3O5S/c1-3-18-37-26-15-10-23(19-27(26)36-4-2)20-30-31-28(33)21-32(17-16-22-8-6-5-7-9-22)38(34,35)25-13-11-24(29)12-14-25/h5-15,19-20H,3-4,16-18,21H2,1-2H3,(H,31,33)/b30-20-. The number of nitrogens with one attached hydrogen (secondary N) is 1. The van der Waals surface area contributed by atoms with E-state index in [4.69, 9.17) is 9.47 Å². The minimum absolute atomic E-state index is 0.110. The highest BCUT2D eigenvalue weighted by atomic mass is 79.9. The SMILES string of the molecule is CCCOc1ccc(/C=N\NC(=O)CN(CCc2ccccc2)S(=O)(=O)c2ccc(Br)cc2)cc1OCC. The van der Waals surface area contributed by atoms with Crippen LogP contribution in [0.4, 0.5) is 0 Å². The molecule has 1 N–H and O–H groups in total. The number of amides is 1. The van der Waals surface area contributed by atoms with Crippen molar-refractivity contribution in [2.45, 2.75) is 31.6 Å². The van der Waals surface area contributed by atoms with E-state index in [2.05, 4.69) is 26.5 Å². The van der Waals surface area contributed by atoms with Gasteiger partial charge in [0.2, 0.25) is 10.0 Å². The molecule has 0 saturated carbocycles. The predicted octanol–water partition coefficient (Wildman–Crippen LogP) is 5.02. The Bertz CT molecular complexity index is 1320. The third-order valence-corrected chi connectivity index (χ3v) is 7.78. The Kier molecular flexibility index (Phi) is 11.3. The van der Waals surface area contributed by atoms with E-state index in [9.17, 15) is 13.2 Å². The average molecular weight is 603 g/mol. The fourth-order valence-electron chi connectivity index (χ4n) is 3.52. The Hall–Kier alpha value is -3.21. The molecule has 0 aliphatic heterocycles. The summed E-state index contributed by atoms with van der Waals surface area (Å²) in [6.45, 7) is 4.72. The Morgan fingerprint density at radius 1 is 1.00 bits per heavy atom. The lowest BCUT2D eigenvalue weighted by molar-refractivity contribution is -0.121. The van der Waals surface area contributed by atoms with E-state index in [0.29, 0.717) is 36.7 Å². The van der Waals surface area contributed by atoms with Gasteiger partial charge in [0.25, 0.3) is 5.91 Å². The lowest BCUT2D eigenvalue weighted by Gasteiger charge is -2.21. The fraction of sp³-hybridized carbons (Fsp3) is 0.286. The van der Waals surface area contributed by atoms with Gasteiger partial charge in [-0.05, 0) is 73.4 Å². The molecule has 202 valence electrons. The zero-order chi connectivity index (χ0) is 27.4. The largest absolute Gasteiger partial charge is 0.490 e. The summed E-state index contributed by atoms with van der Waals surface area (Å²) in [6, 6.07) is 21.2. The van der Waals surface area contributed by atoms with Crippen LogP contribution < -0.4 is 14.9 Å². The van der Waals surface area contributed by atoms with E-state index in [1.54, 1.807) is 30.3 Å². The van der Waals surface area contributed by atoms with Crippen LogP contribution in [0.3, 0.4) is 0 Å². The van der Waals surface area contributed by atoms with Crippen LogP contribution in [-0.2, 0) is 21.2 Å². The van der Waals surface area contributed by atoms with E-state index in [1.807, 2.05) is 44.2 Å². The number of carbonyl (C=O) groups is 1. The minimum Gasteiger partial charge on any atom is -0.490 e. The predicted molar refractivity (Wildman–Crippen MR) is 152 cm³/mol. The Morgan fingerprint density at radius 3 is 2.42 bits per heavy atom. The molecule has 0 heterocycles. The van der Waals surface area contributed by atoms with E-state index in [1.165, 1.54) is 22.7 Å². The molecule has 3 rings (SSSR count). The second-order valence-electron chi connectivity index (χ2n) is 8.31. The molecule has 38 heavy (non-hydrogen) atoms. The quantitative estimate of drug-likeness (QED) is 0.207. The number of hydrogen-bond acceptors (Lipinski definition) is 6. The lowest BCUT2D eigenvalue weighted by atomic mass is 10.1. The van der Waals surface area contributed by atoms with Crippen molar-refractivity contribution >= 4 is 38.1 Å². The maximum Gasteiger partial charge on any atom is 0.255 e. The summed E-state index contributed by atoms with van der Waals surface area (Å²) in [4.78, 5) is 12.9. The number of ether oxygens (including phenoxy) is 2. The lowest BCUT2D eigenvalue weighted by Crippen LogP contribution is -2.40. The molecule has 10 heteroatoms. The second-order valence-corrected chi connectivity index (χ2v) is 11.2. The van der Waals surface area contributed by atoms with E-state index < -0.39 is 15.9 Å². The van der Waals surface area contributed by atoms with E-state index >= 15 is 0 Å². The zero-order valence-corrected chi connectivity index (χ0v) is 23.9. The molecule has 0 aliphatic carbocycles. The number of benzene rings is 3. The molecule has 0 radical (unpaired) electrons. The van der Waals surface area contributed by atoms with Crippen LogP contribution in [0.1, 0.15) is 31.4 Å². The number of carbonyl (C=O) groups excluding carboxylic acids is 1. The summed E-state index contributed by atoms with van der Waals surface area (Å²) in [6.07, 6.45) is 2.81. The van der Waals surface area contributed by atoms with Crippen LogP contribution in [0.15, 0.2) is 87.3 Å². The van der Waals surface area contributed by atoms with Crippen LogP contribution in [0, 0.1) is 0 Å². The van der Waals surface area contributed by atoms with Crippen LogP contribution in [-0.4, -0.2) is 51.1 Å². The first-order chi connectivity index (χ1) is 18.3. The molecule has 0 unspecified atom stereocenters. The highest BCUT2D eigenvalue weighted by Gasteiger charge is 2.26. The van der Waals surface area contributed by atoms with Gasteiger partial charge >= 0.3 is 0 Å². The second kappa shape index (κ2) is 14.7. The molecule has 0 spiro atoms. The van der Waals surface area contributed by atoms with Crippen molar-refractivity contribution in [1.29, 1.82) is 0 Å². The first-order valence-corrected chi connectivity index (χ1v) is 14.6. The molecule has 8 nitrogen and oxygen atoms in total. The van der Waals surface area contributed by atoms with Gasteiger partial charge in [-0.3, -0.25) is 4.79 Å². The smallest absolute Gasteiger partial charge is 0.255 e. The Morgan fingerprint density at radius 2 is 1.74 bits per heavy atom. The first kappa shape index (κ1) is 29.3.